The topological polar surface area (TPSA) is 156 Å². The van der Waals surface area contributed by atoms with Crippen molar-refractivity contribution in [2.45, 2.75) is 33.5 Å². The van der Waals surface area contributed by atoms with E-state index in [0.29, 0.717) is 22.6 Å². The summed E-state index contributed by atoms with van der Waals surface area (Å²) in [5.74, 6) is -1.06. The Hall–Kier alpha value is -3.87. The van der Waals surface area contributed by atoms with Gasteiger partial charge in [0.1, 0.15) is 5.57 Å². The number of quaternary nitrogens is 1. The molecular formula is C30H30Cl2N4O8P+. The molecule has 0 aliphatic carbocycles. The van der Waals surface area contributed by atoms with Crippen LogP contribution in [-0.2, 0) is 27.1 Å². The Morgan fingerprint density at radius 3 is 2.18 bits per heavy atom. The summed E-state index contributed by atoms with van der Waals surface area (Å²) in [6, 6.07) is 21.1. The van der Waals surface area contributed by atoms with Gasteiger partial charge in [-0.25, -0.2) is 4.84 Å². The van der Waals surface area contributed by atoms with Crippen LogP contribution in [0.2, 0.25) is 0 Å². The molecule has 4 aromatic rings. The first-order chi connectivity index (χ1) is 21.7. The number of rotatable bonds is 15. The van der Waals surface area contributed by atoms with Gasteiger partial charge >= 0.3 is 14.3 Å². The number of benzene rings is 3. The minimum Gasteiger partial charge on any atom is -0.500 e. The summed E-state index contributed by atoms with van der Waals surface area (Å²) in [7, 11) is -0.731. The summed E-state index contributed by atoms with van der Waals surface area (Å²) in [5, 5.41) is 27.5. The molecule has 1 aromatic heterocycles. The molecule has 3 aromatic carbocycles. The summed E-state index contributed by atoms with van der Waals surface area (Å²) in [6.45, 7) is 3.86. The van der Waals surface area contributed by atoms with Gasteiger partial charge in [0.15, 0.2) is 5.75 Å². The number of hydrogen-bond donors (Lipinski definition) is 2. The maximum atomic E-state index is 11.9. The second-order valence-corrected chi connectivity index (χ2v) is 11.3. The lowest BCUT2D eigenvalue weighted by molar-refractivity contribution is -0.847. The molecule has 12 nitrogen and oxygen atoms in total. The minimum atomic E-state index is -2.16. The maximum Gasteiger partial charge on any atom is 0.398 e. The molecule has 236 valence electrons. The van der Waals surface area contributed by atoms with Gasteiger partial charge in [-0.15, -0.1) is 0 Å². The second kappa shape index (κ2) is 16.4. The number of halogens is 2. The lowest BCUT2D eigenvalue weighted by atomic mass is 10.1. The molecule has 0 fully saturated rings. The summed E-state index contributed by atoms with van der Waals surface area (Å²) in [6.07, 6.45) is 0.519. The van der Waals surface area contributed by atoms with Crippen LogP contribution in [0.4, 0.5) is 5.69 Å². The standard InChI is InChI=1S/C30H29Cl2N4O8P/c1-4-23(31)19(2)26(28(32)34-40-3)29-33-30(43-35-29)22-15-24(36(38)39)27(37)25(16-22)44-45(41-17-20-11-7-5-8-12-20)42-18-21-13-9-6-10-14-21/h5-16,34,37H,4,17-18H2,1-3H3/p+1/b23-19+,28-26+. The Balaban J connectivity index is 1.70. The van der Waals surface area contributed by atoms with Crippen molar-refractivity contribution >= 4 is 43.1 Å². The van der Waals surface area contributed by atoms with Crippen molar-refractivity contribution in [1.82, 2.24) is 10.1 Å². The fourth-order valence-corrected chi connectivity index (χ4v) is 5.36. The average molecular weight is 676 g/mol. The minimum absolute atomic E-state index is 0.0604. The fraction of sp³-hybridized carbons (Fsp3) is 0.200. The molecule has 0 aliphatic rings. The zero-order chi connectivity index (χ0) is 32.3. The Morgan fingerprint density at radius 2 is 1.64 bits per heavy atom. The Labute approximate surface area is 270 Å². The highest BCUT2D eigenvalue weighted by Crippen LogP contribution is 2.49. The van der Waals surface area contributed by atoms with Crippen molar-refractivity contribution < 1.29 is 38.4 Å². The number of phenols is 1. The molecule has 0 bridgehead atoms. The van der Waals surface area contributed by atoms with Crippen molar-refractivity contribution in [3.8, 4) is 23.0 Å². The van der Waals surface area contributed by atoms with Crippen LogP contribution in [0.5, 0.6) is 11.5 Å². The number of aromatic hydroxyl groups is 1. The number of hydrogen-bond acceptors (Lipinski definition) is 10. The third-order valence-corrected chi connectivity index (χ3v) is 8.09. The number of nitro benzene ring substituents is 1. The van der Waals surface area contributed by atoms with E-state index in [4.69, 9.17) is 46.1 Å². The van der Waals surface area contributed by atoms with Crippen LogP contribution in [0.3, 0.4) is 0 Å². The molecule has 4 rings (SSSR count). The normalized spacial score (nSPS) is 12.6. The van der Waals surface area contributed by atoms with E-state index >= 15 is 0 Å². The average Bonchev–Trinajstić information content (AvgIpc) is 3.53. The molecule has 0 saturated heterocycles. The predicted molar refractivity (Wildman–Crippen MR) is 169 cm³/mol. The molecule has 0 atom stereocenters. The van der Waals surface area contributed by atoms with Gasteiger partial charge in [0, 0.05) is 11.1 Å². The number of aromatic nitrogens is 2. The van der Waals surface area contributed by atoms with E-state index in [-0.39, 0.29) is 41.4 Å². The lowest BCUT2D eigenvalue weighted by Crippen LogP contribution is -2.79. The molecule has 1 heterocycles. The van der Waals surface area contributed by atoms with Gasteiger partial charge in [0.05, 0.1) is 30.8 Å². The van der Waals surface area contributed by atoms with Gasteiger partial charge in [-0.3, -0.25) is 19.2 Å². The highest BCUT2D eigenvalue weighted by molar-refractivity contribution is 7.42. The summed E-state index contributed by atoms with van der Waals surface area (Å²) >= 11 is 12.9. The van der Waals surface area contributed by atoms with Crippen molar-refractivity contribution in [2.24, 2.45) is 0 Å². The number of phenolic OH excluding ortho intramolecular Hbond substituents is 1. The van der Waals surface area contributed by atoms with Crippen LogP contribution in [0.15, 0.2) is 93.1 Å². The zero-order valence-electron chi connectivity index (χ0n) is 24.5. The largest absolute Gasteiger partial charge is 0.500 e. The van der Waals surface area contributed by atoms with E-state index in [9.17, 15) is 15.2 Å². The quantitative estimate of drug-likeness (QED) is 0.0429. The number of hydroxylamine groups is 1. The van der Waals surface area contributed by atoms with Crippen molar-refractivity contribution in [3.05, 3.63) is 116 Å². The van der Waals surface area contributed by atoms with Crippen LogP contribution < -0.4 is 10.0 Å². The monoisotopic (exact) mass is 675 g/mol. The van der Waals surface area contributed by atoms with Gasteiger partial charge in [-0.1, -0.05) is 84.3 Å². The first kappa shape index (κ1) is 34.0. The Kier molecular flexibility index (Phi) is 12.4. The van der Waals surface area contributed by atoms with E-state index in [0.717, 1.165) is 17.2 Å². The van der Waals surface area contributed by atoms with Crippen molar-refractivity contribution in [1.29, 1.82) is 0 Å². The molecule has 0 unspecified atom stereocenters. The number of nitrogens with two attached hydrogens (primary N) is 1. The van der Waals surface area contributed by atoms with Gasteiger partial charge in [-0.05, 0) is 47.7 Å². The molecule has 3 N–H and O–H groups in total. The highest BCUT2D eigenvalue weighted by Gasteiger charge is 2.28. The number of allylic oxidation sites excluding steroid dienone is 3. The van der Waals surface area contributed by atoms with Crippen LogP contribution in [0.25, 0.3) is 17.0 Å². The van der Waals surface area contributed by atoms with Gasteiger partial charge in [-0.2, -0.15) is 10.5 Å². The Bertz CT molecular complexity index is 1630. The van der Waals surface area contributed by atoms with Crippen LogP contribution >= 0.6 is 31.8 Å². The third-order valence-electron chi connectivity index (χ3n) is 6.23. The van der Waals surface area contributed by atoms with Crippen molar-refractivity contribution in [2.75, 3.05) is 7.11 Å². The second-order valence-electron chi connectivity index (χ2n) is 9.32. The maximum absolute atomic E-state index is 11.9. The van der Waals surface area contributed by atoms with E-state index in [1.165, 1.54) is 18.7 Å². The molecular weight excluding hydrogens is 646 g/mol. The fourth-order valence-electron chi connectivity index (χ4n) is 3.96. The smallest absolute Gasteiger partial charge is 0.398 e. The molecule has 0 amide bonds. The SMILES string of the molecule is CC/C(Cl)=C(C)\C(=C(\Cl)[NH2+]OC)c1noc(-c2cc(OP(OCc3ccccc3)OCc3ccccc3)c(O)c([N+](=O)[O-])c2)n1. The number of nitro groups is 1. The van der Waals surface area contributed by atoms with Gasteiger partial charge in [0.2, 0.25) is 16.7 Å². The summed E-state index contributed by atoms with van der Waals surface area (Å²) in [4.78, 5) is 20.7. The van der Waals surface area contributed by atoms with Crippen molar-refractivity contribution in [3.63, 3.8) is 0 Å². The highest BCUT2D eigenvalue weighted by atomic mass is 35.5. The van der Waals surface area contributed by atoms with E-state index in [1.807, 2.05) is 67.6 Å². The number of nitrogens with zero attached hydrogens (tertiary/aromatic N) is 3. The predicted octanol–water partition coefficient (Wildman–Crippen LogP) is 7.34. The van der Waals surface area contributed by atoms with Crippen LogP contribution in [-0.4, -0.2) is 27.3 Å². The molecule has 0 saturated carbocycles. The van der Waals surface area contributed by atoms with E-state index in [1.54, 1.807) is 6.92 Å². The van der Waals surface area contributed by atoms with E-state index in [2.05, 4.69) is 10.1 Å². The third kappa shape index (κ3) is 9.09. The molecule has 0 aliphatic heterocycles. The molecule has 15 heteroatoms. The Morgan fingerprint density at radius 1 is 1.04 bits per heavy atom. The molecule has 0 radical (unpaired) electrons. The molecule has 0 spiro atoms. The van der Waals surface area contributed by atoms with Crippen LogP contribution in [0.1, 0.15) is 37.2 Å². The zero-order valence-corrected chi connectivity index (χ0v) is 26.9. The van der Waals surface area contributed by atoms with E-state index < -0.39 is 25.0 Å². The van der Waals surface area contributed by atoms with Crippen LogP contribution in [0, 0.1) is 10.1 Å². The molecule has 45 heavy (non-hydrogen) atoms. The first-order valence-corrected chi connectivity index (χ1v) is 15.4. The summed E-state index contributed by atoms with van der Waals surface area (Å²) in [5.41, 5.74) is 3.35. The lowest BCUT2D eigenvalue weighted by Gasteiger charge is -2.18. The van der Waals surface area contributed by atoms with Gasteiger partial charge < -0.3 is 14.2 Å². The first-order valence-electron chi connectivity index (χ1n) is 13.5. The summed E-state index contributed by atoms with van der Waals surface area (Å²) < 4.78 is 23.3. The van der Waals surface area contributed by atoms with Gasteiger partial charge in [0.25, 0.3) is 5.89 Å².